The number of rotatable bonds is 5. The van der Waals surface area contributed by atoms with Crippen LogP contribution in [0.4, 0.5) is 0 Å². The van der Waals surface area contributed by atoms with Crippen LogP contribution >= 0.6 is 27.5 Å². The molecule has 2 aromatic carbocycles. The number of ketones is 1. The molecule has 1 aliphatic heterocycles. The average molecular weight is 478 g/mol. The first-order chi connectivity index (χ1) is 13.7. The van der Waals surface area contributed by atoms with Crippen LogP contribution in [0.25, 0.3) is 5.76 Å². The minimum atomic E-state index is -0.679. The molecule has 29 heavy (non-hydrogen) atoms. The first kappa shape index (κ1) is 21.6. The number of carbonyl (C=O) groups excluding carboxylic acids is 2. The number of aliphatic hydroxyl groups is 1. The molecule has 0 saturated carbocycles. The Hall–Kier alpha value is -2.15. The van der Waals surface area contributed by atoms with E-state index in [1.54, 1.807) is 36.4 Å². The molecule has 2 aromatic rings. The van der Waals surface area contributed by atoms with E-state index in [0.29, 0.717) is 23.7 Å². The Morgan fingerprint density at radius 2 is 1.83 bits per heavy atom. The maximum Gasteiger partial charge on any atom is 0.295 e. The minimum absolute atomic E-state index is 0.0952. The molecule has 1 saturated heterocycles. The topological polar surface area (TPSA) is 60.9 Å². The van der Waals surface area contributed by atoms with Crippen molar-refractivity contribution in [2.75, 3.05) is 27.2 Å². The molecule has 152 valence electrons. The molecule has 1 aliphatic rings. The zero-order chi connectivity index (χ0) is 21.3. The largest absolute Gasteiger partial charge is 0.507 e. The Morgan fingerprint density at radius 3 is 2.41 bits per heavy atom. The number of likely N-dealkylation sites (tertiary alicyclic amines) is 1. The summed E-state index contributed by atoms with van der Waals surface area (Å²) in [7, 11) is 3.80. The number of hydrogen-bond acceptors (Lipinski definition) is 4. The van der Waals surface area contributed by atoms with Gasteiger partial charge in [0, 0.05) is 28.1 Å². The van der Waals surface area contributed by atoms with Crippen LogP contribution in [-0.4, -0.2) is 53.8 Å². The van der Waals surface area contributed by atoms with E-state index in [2.05, 4.69) is 15.9 Å². The summed E-state index contributed by atoms with van der Waals surface area (Å²) in [6.45, 7) is 2.85. The van der Waals surface area contributed by atoms with Gasteiger partial charge in [0.25, 0.3) is 11.7 Å². The monoisotopic (exact) mass is 476 g/mol. The van der Waals surface area contributed by atoms with E-state index >= 15 is 0 Å². The second kappa shape index (κ2) is 8.69. The molecule has 1 heterocycles. The summed E-state index contributed by atoms with van der Waals surface area (Å²) in [5.41, 5.74) is 2.23. The van der Waals surface area contributed by atoms with Crippen molar-refractivity contribution in [3.05, 3.63) is 74.2 Å². The number of benzene rings is 2. The van der Waals surface area contributed by atoms with Crippen molar-refractivity contribution in [3.8, 4) is 0 Å². The van der Waals surface area contributed by atoms with Crippen molar-refractivity contribution in [2.24, 2.45) is 0 Å². The van der Waals surface area contributed by atoms with Gasteiger partial charge in [-0.1, -0.05) is 45.7 Å². The van der Waals surface area contributed by atoms with E-state index in [1.165, 1.54) is 4.90 Å². The Labute approximate surface area is 183 Å². The highest BCUT2D eigenvalue weighted by molar-refractivity contribution is 9.10. The van der Waals surface area contributed by atoms with E-state index in [0.717, 1.165) is 15.6 Å². The Kier molecular flexibility index (Phi) is 6.46. The van der Waals surface area contributed by atoms with Gasteiger partial charge in [-0.3, -0.25) is 9.59 Å². The number of aryl methyl sites for hydroxylation is 1. The first-order valence-corrected chi connectivity index (χ1v) is 10.3. The smallest absolute Gasteiger partial charge is 0.295 e. The summed E-state index contributed by atoms with van der Waals surface area (Å²) in [5.74, 6) is -1.46. The highest BCUT2D eigenvalue weighted by Gasteiger charge is 2.45. The molecular weight excluding hydrogens is 456 g/mol. The lowest BCUT2D eigenvalue weighted by molar-refractivity contribution is -0.140. The van der Waals surface area contributed by atoms with E-state index < -0.39 is 17.7 Å². The van der Waals surface area contributed by atoms with Crippen LogP contribution in [0.5, 0.6) is 0 Å². The fourth-order valence-electron chi connectivity index (χ4n) is 3.36. The van der Waals surface area contributed by atoms with Crippen molar-refractivity contribution >= 4 is 45.0 Å². The average Bonchev–Trinajstić information content (AvgIpc) is 2.93. The predicted octanol–water partition coefficient (Wildman–Crippen LogP) is 4.39. The molecule has 3 rings (SSSR count). The maximum atomic E-state index is 12.9. The number of halogens is 2. The molecule has 0 aliphatic carbocycles. The van der Waals surface area contributed by atoms with Crippen molar-refractivity contribution in [3.63, 3.8) is 0 Å². The van der Waals surface area contributed by atoms with Crippen LogP contribution in [0.3, 0.4) is 0 Å². The zero-order valence-corrected chi connectivity index (χ0v) is 18.8. The van der Waals surface area contributed by atoms with Gasteiger partial charge < -0.3 is 14.9 Å². The molecule has 7 heteroatoms. The van der Waals surface area contributed by atoms with E-state index in [1.807, 2.05) is 32.0 Å². The third-order valence-corrected chi connectivity index (χ3v) is 6.09. The lowest BCUT2D eigenvalue weighted by Crippen LogP contribution is -2.35. The van der Waals surface area contributed by atoms with E-state index in [9.17, 15) is 14.7 Å². The van der Waals surface area contributed by atoms with Gasteiger partial charge in [0.1, 0.15) is 5.76 Å². The summed E-state index contributed by atoms with van der Waals surface area (Å²) in [6, 6.07) is 11.6. The summed E-state index contributed by atoms with van der Waals surface area (Å²) < 4.78 is 0.898. The summed E-state index contributed by atoms with van der Waals surface area (Å²) in [4.78, 5) is 29.2. The van der Waals surface area contributed by atoms with Gasteiger partial charge in [-0.05, 0) is 56.4 Å². The molecule has 0 spiro atoms. The molecule has 1 N–H and O–H groups in total. The summed E-state index contributed by atoms with van der Waals surface area (Å²) in [5, 5.41) is 11.6. The number of likely N-dealkylation sites (N-methyl/N-ethyl adjacent to an activating group) is 1. The van der Waals surface area contributed by atoms with E-state index in [4.69, 9.17) is 11.6 Å². The van der Waals surface area contributed by atoms with E-state index in [-0.39, 0.29) is 11.3 Å². The van der Waals surface area contributed by atoms with Gasteiger partial charge in [-0.2, -0.15) is 0 Å². The summed E-state index contributed by atoms with van der Waals surface area (Å²) >= 11 is 9.46. The quantitative estimate of drug-likeness (QED) is 0.394. The second-order valence-corrected chi connectivity index (χ2v) is 8.60. The van der Waals surface area contributed by atoms with Crippen molar-refractivity contribution in [1.29, 1.82) is 0 Å². The molecule has 5 nitrogen and oxygen atoms in total. The van der Waals surface area contributed by atoms with Gasteiger partial charge in [0.05, 0.1) is 11.6 Å². The van der Waals surface area contributed by atoms with Gasteiger partial charge in [0.15, 0.2) is 0 Å². The zero-order valence-electron chi connectivity index (χ0n) is 16.4. The molecule has 0 aromatic heterocycles. The lowest BCUT2D eigenvalue weighted by atomic mass is 9.95. The Morgan fingerprint density at radius 1 is 1.17 bits per heavy atom. The molecule has 0 bridgehead atoms. The molecule has 0 radical (unpaired) electrons. The molecule has 1 atom stereocenters. The maximum absolute atomic E-state index is 12.9. The van der Waals surface area contributed by atoms with Crippen LogP contribution in [0, 0.1) is 6.92 Å². The molecule has 1 fully saturated rings. The third kappa shape index (κ3) is 4.39. The van der Waals surface area contributed by atoms with Crippen molar-refractivity contribution in [1.82, 2.24) is 9.80 Å². The van der Waals surface area contributed by atoms with Gasteiger partial charge in [-0.25, -0.2) is 0 Å². The van der Waals surface area contributed by atoms with Crippen LogP contribution < -0.4 is 0 Å². The van der Waals surface area contributed by atoms with Crippen molar-refractivity contribution < 1.29 is 14.7 Å². The molecule has 1 unspecified atom stereocenters. The van der Waals surface area contributed by atoms with Crippen LogP contribution in [0.15, 0.2) is 52.5 Å². The fourth-order valence-corrected chi connectivity index (χ4v) is 3.73. The molecular formula is C22H22BrClN2O3. The SMILES string of the molecule is Cc1cc(/C(O)=C2/C(=O)C(=O)N(CCN(C)C)C2c2ccc(Cl)cc2)ccc1Br. The first-order valence-electron chi connectivity index (χ1n) is 9.16. The number of Topliss-reactive ketones (excluding diaryl/α,β-unsaturated/α-hetero) is 1. The van der Waals surface area contributed by atoms with Crippen molar-refractivity contribution in [2.45, 2.75) is 13.0 Å². The van der Waals surface area contributed by atoms with Gasteiger partial charge in [-0.15, -0.1) is 0 Å². The normalized spacial score (nSPS) is 18.7. The highest BCUT2D eigenvalue weighted by atomic mass is 79.9. The number of nitrogens with zero attached hydrogens (tertiary/aromatic N) is 2. The van der Waals surface area contributed by atoms with Crippen LogP contribution in [0.1, 0.15) is 22.7 Å². The Balaban J connectivity index is 2.15. The Bertz CT molecular complexity index is 986. The number of aliphatic hydroxyl groups excluding tert-OH is 1. The van der Waals surface area contributed by atoms with Gasteiger partial charge >= 0.3 is 0 Å². The number of carbonyl (C=O) groups is 2. The lowest BCUT2D eigenvalue weighted by Gasteiger charge is -2.26. The van der Waals surface area contributed by atoms with Crippen LogP contribution in [-0.2, 0) is 9.59 Å². The second-order valence-electron chi connectivity index (χ2n) is 7.31. The fraction of sp³-hybridized carbons (Fsp3) is 0.273. The number of amides is 1. The predicted molar refractivity (Wildman–Crippen MR) is 118 cm³/mol. The third-order valence-electron chi connectivity index (χ3n) is 4.95. The van der Waals surface area contributed by atoms with Gasteiger partial charge in [0.2, 0.25) is 0 Å². The molecule has 1 amide bonds. The standard InChI is InChI=1S/C22H22BrClN2O3/c1-13-12-15(6-9-17(13)23)20(27)18-19(14-4-7-16(24)8-5-14)26(11-10-25(2)3)22(29)21(18)28/h4-9,12,19,27H,10-11H2,1-3H3/b20-18-. The minimum Gasteiger partial charge on any atom is -0.507 e. The highest BCUT2D eigenvalue weighted by Crippen LogP contribution is 2.39. The van der Waals surface area contributed by atoms with Crippen LogP contribution in [0.2, 0.25) is 5.02 Å². The number of hydrogen-bond donors (Lipinski definition) is 1. The summed E-state index contributed by atoms with van der Waals surface area (Å²) in [6.07, 6.45) is 0.